The van der Waals surface area contributed by atoms with Gasteiger partial charge in [-0.3, -0.25) is 9.59 Å². The lowest BCUT2D eigenvalue weighted by atomic mass is 9.67. The van der Waals surface area contributed by atoms with E-state index in [0.29, 0.717) is 46.2 Å². The van der Waals surface area contributed by atoms with Crippen molar-refractivity contribution in [2.75, 3.05) is 0 Å². The smallest absolute Gasteiger partial charge is 0.143 e. The molecule has 0 radical (unpaired) electrons. The van der Waals surface area contributed by atoms with Crippen LogP contribution in [0.5, 0.6) is 0 Å². The molecule has 0 aliphatic heterocycles. The summed E-state index contributed by atoms with van der Waals surface area (Å²) in [6.07, 6.45) is 35.3. The van der Waals surface area contributed by atoms with Crippen molar-refractivity contribution in [1.29, 1.82) is 0 Å². The van der Waals surface area contributed by atoms with Crippen molar-refractivity contribution in [3.05, 3.63) is 12.2 Å². The Balaban J connectivity index is 0.0000000881. The molecule has 9 unspecified atom stereocenters. The number of rotatable bonds is 0. The molecule has 0 amide bonds. The van der Waals surface area contributed by atoms with E-state index in [1.807, 2.05) is 0 Å². The second kappa shape index (κ2) is 12.5. The van der Waals surface area contributed by atoms with Crippen LogP contribution in [0.15, 0.2) is 17.3 Å². The minimum Gasteiger partial charge on any atom is -0.411 e. The van der Waals surface area contributed by atoms with Crippen molar-refractivity contribution >= 4 is 17.3 Å². The van der Waals surface area contributed by atoms with Gasteiger partial charge >= 0.3 is 0 Å². The summed E-state index contributed by atoms with van der Waals surface area (Å²) in [5.41, 5.74) is 9.07. The molecule has 0 aromatic carbocycles. The van der Waals surface area contributed by atoms with Gasteiger partial charge in [-0.1, -0.05) is 32.2 Å². The standard InChI is InChI=1S/C12H17NO.C12H19N.C12H16O.C11H14O.2CH4/c14-13-11-7-1-2-10(4-7)12(11)5-8-3-9(8)6-12;2*13-11-7-1-2-10(4-7)12(11)5-8-3-9(8)6-12;12-10-8-3-4-9(7-8)11(10)5-1-2-6-11;;/h7-10,14H,1-6H2;7-11H,1-6,13H2;7-10H,1-6H2;1-2,8-9H,3-7H2;2*1H4/b13-11-;;;;;/t7?,8?,9?,10-,12?;7?,8?,9?,10-,11+,12?;7?,8?,9?,10-,12?;8-,9+;;/m0001../s1. The van der Waals surface area contributed by atoms with Crippen LogP contribution in [-0.4, -0.2) is 28.5 Å². The predicted octanol–water partition coefficient (Wildman–Crippen LogP) is 10.8. The van der Waals surface area contributed by atoms with Crippen LogP contribution in [-0.2, 0) is 9.59 Å². The second-order valence-corrected chi connectivity index (χ2v) is 22.7. The van der Waals surface area contributed by atoms with E-state index in [9.17, 15) is 14.8 Å². The first kappa shape index (κ1) is 36.8. The Labute approximate surface area is 327 Å². The zero-order chi connectivity index (χ0) is 34.8. The molecule has 15 atom stereocenters. The maximum absolute atomic E-state index is 12.2. The maximum atomic E-state index is 12.2. The molecule has 54 heavy (non-hydrogen) atoms. The van der Waals surface area contributed by atoms with Gasteiger partial charge < -0.3 is 10.9 Å². The van der Waals surface area contributed by atoms with E-state index in [0.717, 1.165) is 77.9 Å². The zero-order valence-corrected chi connectivity index (χ0v) is 31.9. The van der Waals surface area contributed by atoms with E-state index in [1.165, 1.54) is 134 Å². The molecule has 14 fully saturated rings. The molecule has 0 aromatic heterocycles. The summed E-state index contributed by atoms with van der Waals surface area (Å²) >= 11 is 0. The zero-order valence-electron chi connectivity index (χ0n) is 31.9. The van der Waals surface area contributed by atoms with E-state index in [-0.39, 0.29) is 25.7 Å². The Morgan fingerprint density at radius 1 is 0.500 bits per heavy atom. The van der Waals surface area contributed by atoms with Gasteiger partial charge in [-0.25, -0.2) is 0 Å². The number of carbonyl (C=O) groups excluding carboxylic acids is 2. The normalized spacial score (nSPS) is 56.4. The van der Waals surface area contributed by atoms with Gasteiger partial charge in [-0.2, -0.15) is 0 Å². The molecule has 5 heteroatoms. The van der Waals surface area contributed by atoms with E-state index in [1.54, 1.807) is 6.42 Å². The van der Waals surface area contributed by atoms with Gasteiger partial charge in [0.2, 0.25) is 0 Å². The minimum absolute atomic E-state index is 0. The first-order chi connectivity index (χ1) is 25.2. The number of hydrogen-bond acceptors (Lipinski definition) is 5. The van der Waals surface area contributed by atoms with Crippen molar-refractivity contribution < 1.29 is 14.8 Å². The molecule has 5 nitrogen and oxygen atoms in total. The fourth-order valence-electron chi connectivity index (χ4n) is 18.2. The average Bonchev–Trinajstić information content (AvgIpc) is 3.82. The SMILES string of the molecule is C.C.N[C@@H]1C2CC[C@@H](C2)C12CC1CC1C2.O/N=C1/C2CC[C@@H](C2)C12CC1CC1C2.O=C1C2CC[C@@H](C2)C12CC1CC1C2.O=C1[C@@H]2CC[C@@H](C2)C12CC=CC2. The monoisotopic (exact) mass is 739 g/mol. The molecule has 0 saturated heterocycles. The number of allylic oxidation sites excluding steroid dienone is 2. The van der Waals surface area contributed by atoms with Gasteiger partial charge in [0.15, 0.2) is 0 Å². The summed E-state index contributed by atoms with van der Waals surface area (Å²) in [7, 11) is 0. The first-order valence-electron chi connectivity index (χ1n) is 23.0. The van der Waals surface area contributed by atoms with Crippen LogP contribution < -0.4 is 5.73 Å². The van der Waals surface area contributed by atoms with Gasteiger partial charge in [-0.15, -0.1) is 0 Å². The minimum atomic E-state index is 0. The Morgan fingerprint density at radius 2 is 0.944 bits per heavy atom. The maximum Gasteiger partial charge on any atom is 0.143 e. The van der Waals surface area contributed by atoms with Gasteiger partial charge in [0.25, 0.3) is 0 Å². The summed E-state index contributed by atoms with van der Waals surface area (Å²) in [6.45, 7) is 0. The Kier molecular flexibility index (Phi) is 8.53. The molecule has 15 rings (SSSR count). The van der Waals surface area contributed by atoms with Crippen molar-refractivity contribution in [3.63, 3.8) is 0 Å². The lowest BCUT2D eigenvalue weighted by Gasteiger charge is -2.40. The number of carbonyl (C=O) groups is 2. The number of nitrogens with two attached hydrogens (primary N) is 1. The highest BCUT2D eigenvalue weighted by molar-refractivity contribution is 5.95. The van der Waals surface area contributed by atoms with Crippen molar-refractivity contribution in [1.82, 2.24) is 0 Å². The summed E-state index contributed by atoms with van der Waals surface area (Å²) in [5.74, 6) is 13.5. The van der Waals surface area contributed by atoms with E-state index < -0.39 is 0 Å². The molecule has 14 saturated carbocycles. The number of hydrogen-bond donors (Lipinski definition) is 2. The third-order valence-electron chi connectivity index (χ3n) is 21.0. The molecule has 15 aliphatic carbocycles. The molecular formula is C49H74N2O3. The molecular weight excluding hydrogens is 665 g/mol. The summed E-state index contributed by atoms with van der Waals surface area (Å²) in [4.78, 5) is 24.1. The number of oxime groups is 1. The van der Waals surface area contributed by atoms with Crippen molar-refractivity contribution in [2.45, 2.75) is 169 Å². The lowest BCUT2D eigenvalue weighted by Crippen LogP contribution is -2.45. The second-order valence-electron chi connectivity index (χ2n) is 22.7. The molecule has 4 spiro atoms. The Hall–Kier alpha value is -1.49. The Bertz CT molecular complexity index is 1570. The lowest BCUT2D eigenvalue weighted by molar-refractivity contribution is -0.133. The van der Waals surface area contributed by atoms with Gasteiger partial charge in [0, 0.05) is 40.0 Å². The fraction of sp³-hybridized carbons (Fsp3) is 0.898. The van der Waals surface area contributed by atoms with Crippen LogP contribution in [0.25, 0.3) is 0 Å². The predicted molar refractivity (Wildman–Crippen MR) is 215 cm³/mol. The van der Waals surface area contributed by atoms with Crippen LogP contribution >= 0.6 is 0 Å². The fourth-order valence-corrected chi connectivity index (χ4v) is 18.2. The van der Waals surface area contributed by atoms with E-state index in [4.69, 9.17) is 5.73 Å². The molecule has 8 bridgehead atoms. The topological polar surface area (TPSA) is 92.8 Å². The van der Waals surface area contributed by atoms with Crippen LogP contribution in [0, 0.1) is 105 Å². The van der Waals surface area contributed by atoms with Gasteiger partial charge in [0.1, 0.15) is 11.6 Å². The van der Waals surface area contributed by atoms with Crippen LogP contribution in [0.1, 0.15) is 163 Å². The third-order valence-corrected chi connectivity index (χ3v) is 21.0. The van der Waals surface area contributed by atoms with E-state index >= 15 is 0 Å². The largest absolute Gasteiger partial charge is 0.411 e. The highest BCUT2D eigenvalue weighted by atomic mass is 16.4. The Morgan fingerprint density at radius 3 is 1.43 bits per heavy atom. The summed E-state index contributed by atoms with van der Waals surface area (Å²) in [6, 6.07) is 0.596. The molecule has 15 aliphatic rings. The molecule has 298 valence electrons. The number of ketones is 2. The van der Waals surface area contributed by atoms with Crippen LogP contribution in [0.2, 0.25) is 0 Å². The first-order valence-corrected chi connectivity index (χ1v) is 23.0. The number of Topliss-reactive ketones (excluding diaryl/α,β-unsaturated/α-hetero) is 2. The van der Waals surface area contributed by atoms with Gasteiger partial charge in [0.05, 0.1) is 5.71 Å². The molecule has 3 N–H and O–H groups in total. The quantitative estimate of drug-likeness (QED) is 0.147. The van der Waals surface area contributed by atoms with Crippen molar-refractivity contribution in [3.8, 4) is 0 Å². The summed E-state index contributed by atoms with van der Waals surface area (Å²) < 4.78 is 0. The van der Waals surface area contributed by atoms with Gasteiger partial charge in [-0.05, 0) is 218 Å². The molecule has 0 aromatic rings. The van der Waals surface area contributed by atoms with Crippen molar-refractivity contribution in [2.24, 2.45) is 115 Å². The van der Waals surface area contributed by atoms with Crippen LogP contribution in [0.3, 0.4) is 0 Å². The summed E-state index contributed by atoms with van der Waals surface area (Å²) in [5, 5.41) is 12.9. The third kappa shape index (κ3) is 4.99. The van der Waals surface area contributed by atoms with Crippen LogP contribution in [0.4, 0.5) is 0 Å². The van der Waals surface area contributed by atoms with E-state index in [2.05, 4.69) is 17.3 Å². The highest BCUT2D eigenvalue weighted by Crippen LogP contribution is 2.72. The number of nitrogens with zero attached hydrogens (tertiary/aromatic N) is 1. The number of fused-ring (bicyclic) bond motifs is 15. The highest BCUT2D eigenvalue weighted by Gasteiger charge is 2.67. The average molecular weight is 739 g/mol. The molecule has 0 heterocycles.